The molecule has 0 bridgehead atoms. The molecule has 4 nitrogen and oxygen atoms in total. The lowest BCUT2D eigenvalue weighted by molar-refractivity contribution is -0.120. The van der Waals surface area contributed by atoms with E-state index in [2.05, 4.69) is 4.72 Å². The van der Waals surface area contributed by atoms with Crippen molar-refractivity contribution in [3.05, 3.63) is 0 Å². The molecule has 5 heteroatoms. The van der Waals surface area contributed by atoms with E-state index in [0.717, 1.165) is 6.42 Å². The van der Waals surface area contributed by atoms with E-state index in [1.807, 2.05) is 0 Å². The lowest BCUT2D eigenvalue weighted by Crippen LogP contribution is -2.34. The van der Waals surface area contributed by atoms with Gasteiger partial charge in [0.25, 0.3) is 0 Å². The van der Waals surface area contributed by atoms with Gasteiger partial charge < -0.3 is 0 Å². The minimum absolute atomic E-state index is 0.00831. The quantitative estimate of drug-likeness (QED) is 0.769. The van der Waals surface area contributed by atoms with E-state index in [1.54, 1.807) is 0 Å². The van der Waals surface area contributed by atoms with Gasteiger partial charge in [0.1, 0.15) is 0 Å². The fraction of sp³-hybridized carbons (Fsp3) is 0.900. The number of carbonyl (C=O) groups is 1. The summed E-state index contributed by atoms with van der Waals surface area (Å²) in [6.07, 6.45) is 4.77. The van der Waals surface area contributed by atoms with Gasteiger partial charge in [0, 0.05) is 5.92 Å². The van der Waals surface area contributed by atoms with E-state index < -0.39 is 10.0 Å². The van der Waals surface area contributed by atoms with E-state index in [0.29, 0.717) is 24.7 Å². The molecule has 3 aliphatic rings. The van der Waals surface area contributed by atoms with Gasteiger partial charge in [-0.25, -0.2) is 8.42 Å². The van der Waals surface area contributed by atoms with Crippen LogP contribution in [0.5, 0.6) is 0 Å². The third kappa shape index (κ3) is 1.89. The highest BCUT2D eigenvalue weighted by atomic mass is 32.2. The summed E-state index contributed by atoms with van der Waals surface area (Å²) >= 11 is 0. The minimum Gasteiger partial charge on any atom is -0.274 e. The highest BCUT2D eigenvalue weighted by molar-refractivity contribution is 7.90. The summed E-state index contributed by atoms with van der Waals surface area (Å²) in [5.74, 6) is 0.939. The van der Waals surface area contributed by atoms with Crippen molar-refractivity contribution in [2.75, 3.05) is 0 Å². The molecule has 1 N–H and O–H groups in total. The molecular weight excluding hydrogens is 214 g/mol. The molecule has 84 valence electrons. The molecular formula is C10H15NO3S. The second-order valence-electron chi connectivity index (χ2n) is 5.05. The first-order valence-corrected chi connectivity index (χ1v) is 7.18. The Hall–Kier alpha value is -0.580. The highest BCUT2D eigenvalue weighted by Gasteiger charge is 2.52. The van der Waals surface area contributed by atoms with Crippen molar-refractivity contribution in [2.24, 2.45) is 17.8 Å². The van der Waals surface area contributed by atoms with Gasteiger partial charge in [-0.15, -0.1) is 0 Å². The van der Waals surface area contributed by atoms with Crippen LogP contribution in [0.25, 0.3) is 0 Å². The van der Waals surface area contributed by atoms with E-state index in [-0.39, 0.29) is 17.1 Å². The van der Waals surface area contributed by atoms with Crippen LogP contribution in [0.3, 0.4) is 0 Å². The van der Waals surface area contributed by atoms with E-state index in [9.17, 15) is 13.2 Å². The number of hydrogen-bond acceptors (Lipinski definition) is 3. The Morgan fingerprint density at radius 2 is 1.80 bits per heavy atom. The number of carbonyl (C=O) groups excluding carboxylic acids is 1. The summed E-state index contributed by atoms with van der Waals surface area (Å²) in [7, 11) is -3.32. The Kier molecular flexibility index (Phi) is 1.90. The van der Waals surface area contributed by atoms with Gasteiger partial charge in [-0.2, -0.15) is 0 Å². The first kappa shape index (κ1) is 9.63. The average Bonchev–Trinajstić information content (AvgIpc) is 2.95. The first-order chi connectivity index (χ1) is 7.08. The lowest BCUT2D eigenvalue weighted by Gasteiger charge is -2.04. The zero-order chi connectivity index (χ0) is 10.6. The maximum absolute atomic E-state index is 11.6. The summed E-state index contributed by atoms with van der Waals surface area (Å²) < 4.78 is 25.2. The van der Waals surface area contributed by atoms with Crippen LogP contribution in [0.4, 0.5) is 0 Å². The normalized spacial score (nSPS) is 34.9. The predicted octanol–water partition coefficient (Wildman–Crippen LogP) is 0.641. The lowest BCUT2D eigenvalue weighted by atomic mass is 10.2. The van der Waals surface area contributed by atoms with Crippen LogP contribution in [0, 0.1) is 17.8 Å². The van der Waals surface area contributed by atoms with Gasteiger partial charge in [-0.1, -0.05) is 0 Å². The van der Waals surface area contributed by atoms with Crippen LogP contribution >= 0.6 is 0 Å². The van der Waals surface area contributed by atoms with Gasteiger partial charge in [0.05, 0.1) is 5.25 Å². The maximum Gasteiger partial charge on any atom is 0.237 e. The van der Waals surface area contributed by atoms with Gasteiger partial charge in [0.15, 0.2) is 0 Å². The van der Waals surface area contributed by atoms with E-state index >= 15 is 0 Å². The SMILES string of the molecule is O=C(NS(=O)(=O)C1CC1)C1CC1C1CC1. The van der Waals surface area contributed by atoms with Gasteiger partial charge in [-0.3, -0.25) is 9.52 Å². The monoisotopic (exact) mass is 229 g/mol. The summed E-state index contributed by atoms with van der Waals surface area (Å²) in [6, 6.07) is 0. The largest absolute Gasteiger partial charge is 0.274 e. The van der Waals surface area contributed by atoms with E-state index in [1.165, 1.54) is 12.8 Å². The zero-order valence-corrected chi connectivity index (χ0v) is 9.29. The molecule has 2 unspecified atom stereocenters. The Bertz CT molecular complexity index is 395. The first-order valence-electron chi connectivity index (χ1n) is 5.63. The molecule has 1 amide bonds. The molecule has 0 radical (unpaired) electrons. The van der Waals surface area contributed by atoms with Crippen molar-refractivity contribution in [1.82, 2.24) is 4.72 Å². The van der Waals surface area contributed by atoms with Crippen LogP contribution in [0.15, 0.2) is 0 Å². The third-order valence-electron chi connectivity index (χ3n) is 3.61. The molecule has 3 saturated carbocycles. The topological polar surface area (TPSA) is 63.2 Å². The van der Waals surface area contributed by atoms with Crippen LogP contribution in [0.2, 0.25) is 0 Å². The van der Waals surface area contributed by atoms with E-state index in [4.69, 9.17) is 0 Å². The van der Waals surface area contributed by atoms with Crippen LogP contribution < -0.4 is 4.72 Å². The third-order valence-corrected chi connectivity index (χ3v) is 5.44. The fourth-order valence-corrected chi connectivity index (χ4v) is 3.59. The maximum atomic E-state index is 11.6. The van der Waals surface area contributed by atoms with Gasteiger partial charge >= 0.3 is 0 Å². The number of amides is 1. The van der Waals surface area contributed by atoms with Crippen LogP contribution in [-0.2, 0) is 14.8 Å². The molecule has 0 saturated heterocycles. The Morgan fingerprint density at radius 3 is 2.33 bits per heavy atom. The summed E-state index contributed by atoms with van der Waals surface area (Å²) in [6.45, 7) is 0. The minimum atomic E-state index is -3.32. The molecule has 0 aromatic carbocycles. The molecule has 3 aliphatic carbocycles. The van der Waals surface area contributed by atoms with Crippen molar-refractivity contribution in [3.8, 4) is 0 Å². The van der Waals surface area contributed by atoms with Crippen molar-refractivity contribution in [1.29, 1.82) is 0 Å². The van der Waals surface area contributed by atoms with Crippen molar-refractivity contribution >= 4 is 15.9 Å². The highest BCUT2D eigenvalue weighted by Crippen LogP contribution is 2.54. The number of nitrogens with one attached hydrogen (secondary N) is 1. The molecule has 0 heterocycles. The van der Waals surface area contributed by atoms with Crippen molar-refractivity contribution < 1.29 is 13.2 Å². The standard InChI is InChI=1S/C10H15NO3S/c12-10(9-5-8(9)6-1-2-6)11-15(13,14)7-3-4-7/h6-9H,1-5H2,(H,11,12). The smallest absolute Gasteiger partial charge is 0.237 e. The molecule has 0 aromatic rings. The van der Waals surface area contributed by atoms with Crippen LogP contribution in [-0.4, -0.2) is 19.6 Å². The number of hydrogen-bond donors (Lipinski definition) is 1. The number of sulfonamides is 1. The molecule has 0 aromatic heterocycles. The van der Waals surface area contributed by atoms with Crippen molar-refractivity contribution in [2.45, 2.75) is 37.4 Å². The molecule has 0 spiro atoms. The molecule has 3 fully saturated rings. The second-order valence-corrected chi connectivity index (χ2v) is 7.01. The van der Waals surface area contributed by atoms with Gasteiger partial charge in [-0.05, 0) is 43.9 Å². The summed E-state index contributed by atoms with van der Waals surface area (Å²) in [5, 5.41) is -0.292. The zero-order valence-electron chi connectivity index (χ0n) is 8.48. The Balaban J connectivity index is 1.57. The average molecular weight is 229 g/mol. The van der Waals surface area contributed by atoms with Gasteiger partial charge in [0.2, 0.25) is 15.9 Å². The summed E-state index contributed by atoms with van der Waals surface area (Å²) in [4.78, 5) is 11.6. The summed E-state index contributed by atoms with van der Waals surface area (Å²) in [5.41, 5.74) is 0. The van der Waals surface area contributed by atoms with Crippen LogP contribution in [0.1, 0.15) is 32.1 Å². The second kappa shape index (κ2) is 2.97. The molecule has 0 aliphatic heterocycles. The molecule has 3 rings (SSSR count). The Morgan fingerprint density at radius 1 is 1.13 bits per heavy atom. The molecule has 15 heavy (non-hydrogen) atoms. The predicted molar refractivity (Wildman–Crippen MR) is 54.4 cm³/mol. The molecule has 2 atom stereocenters. The number of rotatable bonds is 4. The fourth-order valence-electron chi connectivity index (χ4n) is 2.24. The van der Waals surface area contributed by atoms with Crippen molar-refractivity contribution in [3.63, 3.8) is 0 Å². The Labute approximate surface area is 89.5 Å².